The fraction of sp³-hybridized carbons (Fsp3) is 0.167. The fourth-order valence-electron chi connectivity index (χ4n) is 2.43. The molecule has 1 aromatic carbocycles. The topological polar surface area (TPSA) is 66.3 Å². The van der Waals surface area contributed by atoms with Gasteiger partial charge in [0.25, 0.3) is 0 Å². The van der Waals surface area contributed by atoms with Gasteiger partial charge >= 0.3 is 0 Å². The molecule has 3 N–H and O–H groups in total. The molecule has 24 heavy (non-hydrogen) atoms. The van der Waals surface area contributed by atoms with Crippen molar-refractivity contribution in [2.45, 2.75) is 13.1 Å². The van der Waals surface area contributed by atoms with Gasteiger partial charge in [-0.05, 0) is 41.8 Å². The van der Waals surface area contributed by atoms with E-state index in [1.165, 1.54) is 10.6 Å². The standard InChI is InChI=1S/C18H19N3O2S/c22-13-18(23)20-15-5-1-4-14(10-15)19-11-16-6-2-8-21(16)12-17-7-3-9-24-17/h1-10,19,22H,11-13H2,(H,20,23). The van der Waals surface area contributed by atoms with Crippen molar-refractivity contribution in [3.05, 3.63) is 70.7 Å². The molecule has 0 aliphatic heterocycles. The number of aliphatic hydroxyl groups is 1. The minimum absolute atomic E-state index is 0.419. The maximum atomic E-state index is 11.2. The first-order valence-electron chi connectivity index (χ1n) is 7.65. The van der Waals surface area contributed by atoms with Gasteiger partial charge in [0.15, 0.2) is 0 Å². The molecule has 1 amide bonds. The Morgan fingerprint density at radius 1 is 1.12 bits per heavy atom. The molecule has 0 unspecified atom stereocenters. The molecular weight excluding hydrogens is 322 g/mol. The summed E-state index contributed by atoms with van der Waals surface area (Å²) in [6.45, 7) is 1.04. The van der Waals surface area contributed by atoms with Gasteiger partial charge in [0.2, 0.25) is 5.91 Å². The van der Waals surface area contributed by atoms with Gasteiger partial charge in [-0.15, -0.1) is 11.3 Å². The van der Waals surface area contributed by atoms with Gasteiger partial charge in [-0.1, -0.05) is 12.1 Å². The maximum Gasteiger partial charge on any atom is 0.250 e. The highest BCUT2D eigenvalue weighted by molar-refractivity contribution is 7.09. The van der Waals surface area contributed by atoms with Gasteiger partial charge in [-0.3, -0.25) is 4.79 Å². The molecule has 0 fully saturated rings. The number of carbonyl (C=O) groups is 1. The summed E-state index contributed by atoms with van der Waals surface area (Å²) in [5.74, 6) is -0.419. The third kappa shape index (κ3) is 4.24. The molecule has 0 saturated heterocycles. The van der Waals surface area contributed by atoms with E-state index in [1.807, 2.05) is 24.3 Å². The average Bonchev–Trinajstić information content (AvgIpc) is 3.26. The molecule has 3 aromatic rings. The zero-order valence-corrected chi connectivity index (χ0v) is 13.9. The van der Waals surface area contributed by atoms with Crippen LogP contribution in [0.4, 0.5) is 11.4 Å². The van der Waals surface area contributed by atoms with Crippen molar-refractivity contribution in [2.75, 3.05) is 17.2 Å². The number of aromatic nitrogens is 1. The molecule has 124 valence electrons. The molecule has 0 aliphatic rings. The summed E-state index contributed by atoms with van der Waals surface area (Å²) in [6.07, 6.45) is 2.08. The van der Waals surface area contributed by atoms with Crippen LogP contribution in [-0.2, 0) is 17.9 Å². The lowest BCUT2D eigenvalue weighted by molar-refractivity contribution is -0.118. The third-order valence-electron chi connectivity index (χ3n) is 3.59. The highest BCUT2D eigenvalue weighted by Gasteiger charge is 2.04. The van der Waals surface area contributed by atoms with Crippen LogP contribution in [0.2, 0.25) is 0 Å². The number of rotatable bonds is 7. The van der Waals surface area contributed by atoms with E-state index in [0.717, 1.165) is 12.2 Å². The molecule has 6 heteroatoms. The number of carbonyl (C=O) groups excluding carboxylic acids is 1. The van der Waals surface area contributed by atoms with Crippen LogP contribution in [0.15, 0.2) is 60.1 Å². The number of hydrogen-bond donors (Lipinski definition) is 3. The summed E-state index contributed by atoms with van der Waals surface area (Å²) >= 11 is 1.75. The Labute approximate surface area is 144 Å². The number of aliphatic hydroxyl groups excluding tert-OH is 1. The van der Waals surface area contributed by atoms with E-state index in [4.69, 9.17) is 5.11 Å². The molecule has 3 rings (SSSR count). The third-order valence-corrected chi connectivity index (χ3v) is 4.45. The SMILES string of the molecule is O=C(CO)Nc1cccc(NCc2cccn2Cc2cccs2)c1. The first kappa shape index (κ1) is 16.3. The van der Waals surface area contributed by atoms with Crippen LogP contribution in [0, 0.1) is 0 Å². The number of hydrogen-bond acceptors (Lipinski definition) is 4. The Hall–Kier alpha value is -2.57. The van der Waals surface area contributed by atoms with E-state index in [0.29, 0.717) is 12.2 Å². The zero-order valence-electron chi connectivity index (χ0n) is 13.1. The van der Waals surface area contributed by atoms with Crippen molar-refractivity contribution in [3.63, 3.8) is 0 Å². The Bertz CT molecular complexity index is 796. The van der Waals surface area contributed by atoms with Crippen molar-refractivity contribution in [1.82, 2.24) is 4.57 Å². The minimum Gasteiger partial charge on any atom is -0.387 e. The van der Waals surface area contributed by atoms with E-state index >= 15 is 0 Å². The van der Waals surface area contributed by atoms with Crippen LogP contribution in [-0.4, -0.2) is 22.2 Å². The normalized spacial score (nSPS) is 10.5. The molecule has 2 aromatic heterocycles. The predicted octanol–water partition coefficient (Wildman–Crippen LogP) is 3.14. The predicted molar refractivity (Wildman–Crippen MR) is 97.3 cm³/mol. The molecule has 0 spiro atoms. The smallest absolute Gasteiger partial charge is 0.250 e. The lowest BCUT2D eigenvalue weighted by Gasteiger charge is -2.11. The number of nitrogens with one attached hydrogen (secondary N) is 2. The van der Waals surface area contributed by atoms with Crippen LogP contribution in [0.5, 0.6) is 0 Å². The summed E-state index contributed by atoms with van der Waals surface area (Å²) in [7, 11) is 0. The van der Waals surface area contributed by atoms with Crippen LogP contribution in [0.3, 0.4) is 0 Å². The van der Waals surface area contributed by atoms with Gasteiger partial charge in [-0.2, -0.15) is 0 Å². The van der Waals surface area contributed by atoms with Crippen LogP contribution < -0.4 is 10.6 Å². The van der Waals surface area contributed by atoms with Gasteiger partial charge < -0.3 is 20.3 Å². The molecule has 0 aliphatic carbocycles. The van der Waals surface area contributed by atoms with Crippen molar-refractivity contribution in [2.24, 2.45) is 0 Å². The molecule has 0 radical (unpaired) electrons. The number of amides is 1. The number of anilines is 2. The molecule has 0 saturated carbocycles. The molecule has 0 atom stereocenters. The van der Waals surface area contributed by atoms with Crippen molar-refractivity contribution < 1.29 is 9.90 Å². The van der Waals surface area contributed by atoms with Gasteiger partial charge in [0.1, 0.15) is 6.61 Å². The van der Waals surface area contributed by atoms with Crippen LogP contribution >= 0.6 is 11.3 Å². The van der Waals surface area contributed by atoms with Crippen molar-refractivity contribution >= 4 is 28.6 Å². The molecule has 2 heterocycles. The second-order valence-corrected chi connectivity index (χ2v) is 6.38. The molecular formula is C18H19N3O2S. The Morgan fingerprint density at radius 3 is 2.79 bits per heavy atom. The largest absolute Gasteiger partial charge is 0.387 e. The average molecular weight is 341 g/mol. The van der Waals surface area contributed by atoms with E-state index in [1.54, 1.807) is 17.4 Å². The van der Waals surface area contributed by atoms with Gasteiger partial charge in [0, 0.05) is 28.1 Å². The van der Waals surface area contributed by atoms with E-state index in [9.17, 15) is 4.79 Å². The monoisotopic (exact) mass is 341 g/mol. The summed E-state index contributed by atoms with van der Waals surface area (Å²) in [5.41, 5.74) is 2.76. The number of thiophene rings is 1. The highest BCUT2D eigenvalue weighted by atomic mass is 32.1. The summed E-state index contributed by atoms with van der Waals surface area (Å²) < 4.78 is 2.22. The number of benzene rings is 1. The fourth-order valence-corrected chi connectivity index (χ4v) is 3.14. The number of nitrogens with zero attached hydrogens (tertiary/aromatic N) is 1. The molecule has 0 bridgehead atoms. The van der Waals surface area contributed by atoms with Crippen LogP contribution in [0.1, 0.15) is 10.6 Å². The Kier molecular flexibility index (Phi) is 5.30. The zero-order chi connectivity index (χ0) is 16.8. The quantitative estimate of drug-likeness (QED) is 0.618. The summed E-state index contributed by atoms with van der Waals surface area (Å²) in [6, 6.07) is 15.8. The summed E-state index contributed by atoms with van der Waals surface area (Å²) in [5, 5.41) is 16.9. The molecule has 5 nitrogen and oxygen atoms in total. The second kappa shape index (κ2) is 7.81. The Morgan fingerprint density at radius 2 is 2.00 bits per heavy atom. The van der Waals surface area contributed by atoms with E-state index in [-0.39, 0.29) is 0 Å². The Balaban J connectivity index is 1.63. The van der Waals surface area contributed by atoms with Crippen molar-refractivity contribution in [3.8, 4) is 0 Å². The summed E-state index contributed by atoms with van der Waals surface area (Å²) in [4.78, 5) is 12.6. The van der Waals surface area contributed by atoms with Crippen LogP contribution in [0.25, 0.3) is 0 Å². The first-order chi connectivity index (χ1) is 11.7. The maximum absolute atomic E-state index is 11.2. The highest BCUT2D eigenvalue weighted by Crippen LogP contribution is 2.17. The van der Waals surface area contributed by atoms with E-state index in [2.05, 4.69) is 45.0 Å². The van der Waals surface area contributed by atoms with Gasteiger partial charge in [0.05, 0.1) is 13.1 Å². The van der Waals surface area contributed by atoms with Crippen molar-refractivity contribution in [1.29, 1.82) is 0 Å². The second-order valence-electron chi connectivity index (χ2n) is 5.35. The first-order valence-corrected chi connectivity index (χ1v) is 8.53. The van der Waals surface area contributed by atoms with Gasteiger partial charge in [-0.25, -0.2) is 0 Å². The minimum atomic E-state index is -0.520. The lowest BCUT2D eigenvalue weighted by Crippen LogP contribution is -2.15. The lowest BCUT2D eigenvalue weighted by atomic mass is 10.2. The van der Waals surface area contributed by atoms with E-state index < -0.39 is 12.5 Å².